The van der Waals surface area contributed by atoms with Crippen molar-refractivity contribution in [2.45, 2.75) is 0 Å². The van der Waals surface area contributed by atoms with Gasteiger partial charge in [0.05, 0.1) is 0 Å². The van der Waals surface area contributed by atoms with E-state index in [1.807, 2.05) is 0 Å². The van der Waals surface area contributed by atoms with Crippen molar-refractivity contribution >= 4 is 44.8 Å². The Labute approximate surface area is 51.7 Å². The van der Waals surface area contributed by atoms with Crippen molar-refractivity contribution < 1.29 is 3.02 Å². The maximum Gasteiger partial charge on any atom is 0 e. The van der Waals surface area contributed by atoms with Crippen molar-refractivity contribution in [2.75, 3.05) is 0 Å². The summed E-state index contributed by atoms with van der Waals surface area (Å²) in [6.07, 6.45) is 0. The van der Waals surface area contributed by atoms with E-state index in [1.54, 1.807) is 0 Å². The van der Waals surface area contributed by atoms with Crippen LogP contribution in [0.25, 0.3) is 0 Å². The molecule has 0 N–H and O–H groups in total. The summed E-state index contributed by atoms with van der Waals surface area (Å²) in [5.41, 5.74) is 0. The quantitative estimate of drug-likeness (QED) is 0.526. The molecule has 0 aliphatic rings. The van der Waals surface area contributed by atoms with Crippen LogP contribution in [0.2, 0.25) is 0 Å². The van der Waals surface area contributed by atoms with E-state index in [0.29, 0.717) is 0 Å². The van der Waals surface area contributed by atoms with E-state index in [9.17, 15) is 0 Å². The van der Waals surface area contributed by atoms with Crippen molar-refractivity contribution in [3.8, 4) is 0 Å². The third-order valence-electron chi connectivity index (χ3n) is 0. The molecule has 0 rings (SSSR count). The van der Waals surface area contributed by atoms with Gasteiger partial charge in [-0.2, -0.15) is 0 Å². The second-order valence-corrected chi connectivity index (χ2v) is 0.612. The van der Waals surface area contributed by atoms with Crippen LogP contribution in [0.1, 0.15) is 0 Å². The molecular formula is COSbSn. The Kier molecular flexibility index (Phi) is 19.9. The molecule has 0 aromatic heterocycles. The van der Waals surface area contributed by atoms with Crippen molar-refractivity contribution in [1.29, 1.82) is 0 Å². The summed E-state index contributed by atoms with van der Waals surface area (Å²) in [6.45, 7) is 0. The zero-order valence-electron chi connectivity index (χ0n) is 1.86. The molecule has 0 unspecified atom stereocenters. The smallest absolute Gasteiger partial charge is 0 e. The van der Waals surface area contributed by atoms with Crippen LogP contribution >= 0.6 is 0 Å². The van der Waals surface area contributed by atoms with Gasteiger partial charge < -0.3 is 0 Å². The van der Waals surface area contributed by atoms with Gasteiger partial charge in [-0.05, 0) is 0 Å². The minimum atomic E-state index is -1.65. The van der Waals surface area contributed by atoms with E-state index < -0.39 is 20.9 Å². The van der Waals surface area contributed by atoms with Gasteiger partial charge in [-0.3, -0.25) is 0 Å². The van der Waals surface area contributed by atoms with Crippen molar-refractivity contribution in [3.05, 3.63) is 4.25 Å². The van der Waals surface area contributed by atoms with Gasteiger partial charge in [-0.25, -0.2) is 0 Å². The van der Waals surface area contributed by atoms with Gasteiger partial charge in [0, 0.05) is 23.9 Å². The van der Waals surface area contributed by atoms with Gasteiger partial charge in [0.15, 0.2) is 0 Å². The summed E-state index contributed by atoms with van der Waals surface area (Å²) >= 11 is -1.65. The zero-order chi connectivity index (χ0) is 2.71. The molecule has 5 radical (unpaired) electrons. The monoisotopic (exact) mass is 269 g/mol. The molecule has 0 bridgehead atoms. The van der Waals surface area contributed by atoms with Gasteiger partial charge in [0.2, 0.25) is 0 Å². The van der Waals surface area contributed by atoms with E-state index >= 15 is 0 Å². The second kappa shape index (κ2) is 8.89. The van der Waals surface area contributed by atoms with Crippen molar-refractivity contribution in [1.82, 2.24) is 0 Å². The first-order valence-corrected chi connectivity index (χ1v) is 2.72. The largest absolute Gasteiger partial charge is 0 e. The van der Waals surface area contributed by atoms with E-state index in [2.05, 4.69) is 0 Å². The summed E-state index contributed by atoms with van der Waals surface area (Å²) in [5, 5.41) is 0. The molecule has 0 aliphatic carbocycles. The predicted molar refractivity (Wildman–Crippen MR) is 15.4 cm³/mol. The molecule has 0 aromatic carbocycles. The SMILES string of the molecule is [C]#[Sb]=[O].[Sn]. The normalized spacial score (nSPS) is 1.75. The topological polar surface area (TPSA) is 17.1 Å². The molecule has 0 fully saturated rings. The van der Waals surface area contributed by atoms with E-state index in [1.165, 1.54) is 0 Å². The van der Waals surface area contributed by atoms with Gasteiger partial charge in [0.1, 0.15) is 0 Å². The minimum Gasteiger partial charge on any atom is 0 e. The molecule has 1 nitrogen and oxygen atoms in total. The maximum atomic E-state index is 8.75. The van der Waals surface area contributed by atoms with Gasteiger partial charge in [0.25, 0.3) is 0 Å². The summed E-state index contributed by atoms with van der Waals surface area (Å²) in [4.78, 5) is 0. The molecule has 3 heteroatoms. The third kappa shape index (κ3) is 10.8. The van der Waals surface area contributed by atoms with Crippen LogP contribution in [-0.4, -0.2) is 44.8 Å². The summed E-state index contributed by atoms with van der Waals surface area (Å²) < 4.78 is 14.6. The summed E-state index contributed by atoms with van der Waals surface area (Å²) in [6, 6.07) is 0. The van der Waals surface area contributed by atoms with E-state index in [4.69, 9.17) is 7.27 Å². The standard InChI is InChI=1S/C.O.Sb.Sn. The van der Waals surface area contributed by atoms with Crippen LogP contribution in [0.4, 0.5) is 0 Å². The summed E-state index contributed by atoms with van der Waals surface area (Å²) in [7, 11) is 0. The molecule has 0 heterocycles. The Balaban J connectivity index is 0. The van der Waals surface area contributed by atoms with Crippen LogP contribution in [0.15, 0.2) is 0 Å². The molecular weight excluding hydrogens is 268 g/mol. The van der Waals surface area contributed by atoms with Crippen LogP contribution in [0.3, 0.4) is 0 Å². The first kappa shape index (κ1) is 8.96. The average Bonchev–Trinajstić information content (AvgIpc) is 0.918. The van der Waals surface area contributed by atoms with E-state index in [0.717, 1.165) is 0 Å². The van der Waals surface area contributed by atoms with Crippen molar-refractivity contribution in [2.24, 2.45) is 0 Å². The Morgan fingerprint density at radius 1 is 1.75 bits per heavy atom. The van der Waals surface area contributed by atoms with Gasteiger partial charge >= 0.3 is 28.2 Å². The van der Waals surface area contributed by atoms with Gasteiger partial charge in [-0.15, -0.1) is 0 Å². The van der Waals surface area contributed by atoms with Crippen LogP contribution in [-0.2, 0) is 3.02 Å². The number of hydrogen-bond donors (Lipinski definition) is 0. The first-order chi connectivity index (χ1) is 1.41. The third-order valence-corrected chi connectivity index (χ3v) is 0. The molecule has 0 aromatic rings. The fraction of sp³-hybridized carbons (Fsp3) is 0. The van der Waals surface area contributed by atoms with Crippen LogP contribution < -0.4 is 0 Å². The minimum absolute atomic E-state index is 0. The van der Waals surface area contributed by atoms with Crippen LogP contribution in [0, 0.1) is 4.25 Å². The Hall–Kier alpha value is 1.20. The Bertz CT molecular complexity index is 54.2. The Morgan fingerprint density at radius 2 is 1.75 bits per heavy atom. The second-order valence-electron chi connectivity index (χ2n) is 0.0913. The van der Waals surface area contributed by atoms with Crippen LogP contribution in [0.5, 0.6) is 0 Å². The molecule has 0 amide bonds. The Morgan fingerprint density at radius 3 is 1.75 bits per heavy atom. The molecule has 0 aliphatic heterocycles. The fourth-order valence-corrected chi connectivity index (χ4v) is 0. The molecule has 0 atom stereocenters. The first-order valence-electron chi connectivity index (χ1n) is 0.406. The number of hydrogen-bond acceptors (Lipinski definition) is 1. The average molecular weight is 268 g/mol. The number of rotatable bonds is 0. The van der Waals surface area contributed by atoms with E-state index in [-0.39, 0.29) is 23.9 Å². The molecule has 4 heavy (non-hydrogen) atoms. The predicted octanol–water partition coefficient (Wildman–Crippen LogP) is -0.799. The van der Waals surface area contributed by atoms with Gasteiger partial charge in [-0.1, -0.05) is 0 Å². The molecule has 0 saturated carbocycles. The van der Waals surface area contributed by atoms with Crippen molar-refractivity contribution in [3.63, 3.8) is 0 Å². The maximum absolute atomic E-state index is 8.75. The summed E-state index contributed by atoms with van der Waals surface area (Å²) in [5.74, 6) is 0. The molecule has 19 valence electrons. The molecule has 0 spiro atoms. The zero-order valence-corrected chi connectivity index (χ0v) is 7.26. The fourth-order valence-electron chi connectivity index (χ4n) is 0. The molecule has 0 saturated heterocycles.